The van der Waals surface area contributed by atoms with Gasteiger partial charge in [0.15, 0.2) is 0 Å². The maximum absolute atomic E-state index is 12.4. The number of nitrogens with zero attached hydrogens (tertiary/aromatic N) is 3. The van der Waals surface area contributed by atoms with Gasteiger partial charge in [-0.3, -0.25) is 14.8 Å². The van der Waals surface area contributed by atoms with Crippen LogP contribution in [0.15, 0.2) is 93.8 Å². The lowest BCUT2D eigenvalue weighted by Crippen LogP contribution is -2.20. The Kier molecular flexibility index (Phi) is 6.13. The van der Waals surface area contributed by atoms with Crippen LogP contribution in [0.3, 0.4) is 0 Å². The van der Waals surface area contributed by atoms with Crippen LogP contribution in [-0.2, 0) is 0 Å². The summed E-state index contributed by atoms with van der Waals surface area (Å²) in [6.07, 6.45) is 2.38. The molecule has 0 saturated heterocycles. The van der Waals surface area contributed by atoms with Crippen molar-refractivity contribution in [2.75, 3.05) is 5.01 Å². The third-order valence-electron chi connectivity index (χ3n) is 5.32. The van der Waals surface area contributed by atoms with Crippen molar-refractivity contribution in [3.05, 3.63) is 115 Å². The fourth-order valence-corrected chi connectivity index (χ4v) is 4.66. The molecule has 0 saturated carbocycles. The van der Waals surface area contributed by atoms with Crippen LogP contribution in [0.1, 0.15) is 28.5 Å². The molecular weight excluding hydrogens is 475 g/mol. The summed E-state index contributed by atoms with van der Waals surface area (Å²) in [6, 6.07) is 24.9. The van der Waals surface area contributed by atoms with Gasteiger partial charge in [-0.15, -0.1) is 0 Å². The Bertz CT molecular complexity index is 1380. The fraction of sp³-hybridized carbons (Fsp3) is 0.0800. The molecular formula is C25H18Cl2N4OS. The average molecular weight is 493 g/mol. The van der Waals surface area contributed by atoms with E-state index in [9.17, 15) is 4.79 Å². The Hall–Kier alpha value is -3.19. The van der Waals surface area contributed by atoms with Crippen molar-refractivity contribution in [3.8, 4) is 0 Å². The molecule has 4 aromatic rings. The molecule has 1 N–H and O–H groups in total. The quantitative estimate of drug-likeness (QED) is 0.309. The Morgan fingerprint density at radius 2 is 1.64 bits per heavy atom. The summed E-state index contributed by atoms with van der Waals surface area (Å²) >= 11 is 13.2. The molecule has 0 bridgehead atoms. The first-order valence-corrected chi connectivity index (χ1v) is 11.8. The molecule has 0 unspecified atom stereocenters. The average Bonchev–Trinajstić information content (AvgIpc) is 3.43. The van der Waals surface area contributed by atoms with E-state index >= 15 is 0 Å². The van der Waals surface area contributed by atoms with E-state index in [4.69, 9.17) is 28.3 Å². The third-order valence-corrected chi connectivity index (χ3v) is 6.63. The molecule has 0 aliphatic carbocycles. The van der Waals surface area contributed by atoms with Crippen molar-refractivity contribution in [1.29, 1.82) is 0 Å². The van der Waals surface area contributed by atoms with E-state index in [1.54, 1.807) is 18.3 Å². The predicted octanol–water partition coefficient (Wildman–Crippen LogP) is 6.85. The summed E-state index contributed by atoms with van der Waals surface area (Å²) in [5, 5.41) is 8.12. The number of anilines is 1. The number of rotatable bonds is 5. The lowest BCUT2D eigenvalue weighted by atomic mass is 9.98. The van der Waals surface area contributed by atoms with E-state index in [0.29, 0.717) is 27.2 Å². The summed E-state index contributed by atoms with van der Waals surface area (Å²) in [7, 11) is 0. The van der Waals surface area contributed by atoms with Crippen LogP contribution >= 0.6 is 34.5 Å². The summed E-state index contributed by atoms with van der Waals surface area (Å²) in [4.78, 5) is 20.4. The van der Waals surface area contributed by atoms with Crippen LogP contribution in [-0.4, -0.2) is 16.9 Å². The summed E-state index contributed by atoms with van der Waals surface area (Å²) < 4.78 is 0. The van der Waals surface area contributed by atoms with Crippen LogP contribution in [0.5, 0.6) is 0 Å². The molecule has 5 nitrogen and oxygen atoms in total. The van der Waals surface area contributed by atoms with Crippen LogP contribution in [0.4, 0.5) is 11.5 Å². The molecule has 1 aromatic heterocycles. The van der Waals surface area contributed by atoms with Gasteiger partial charge in [0.05, 0.1) is 22.3 Å². The molecule has 8 heteroatoms. The molecule has 3 aromatic carbocycles. The highest BCUT2D eigenvalue weighted by molar-refractivity contribution is 7.11. The van der Waals surface area contributed by atoms with Gasteiger partial charge in [0.25, 0.3) is 0 Å². The summed E-state index contributed by atoms with van der Waals surface area (Å²) in [5.74, 6) is 0.619. The number of H-pyrrole nitrogens is 1. The summed E-state index contributed by atoms with van der Waals surface area (Å²) in [6.45, 7) is 0. The number of aromatic nitrogens is 1. The number of hydrogen-bond donors (Lipinski definition) is 1. The van der Waals surface area contributed by atoms with Gasteiger partial charge in [-0.2, -0.15) is 5.10 Å². The van der Waals surface area contributed by atoms with E-state index < -0.39 is 0 Å². The van der Waals surface area contributed by atoms with Gasteiger partial charge >= 0.3 is 4.87 Å². The monoisotopic (exact) mass is 492 g/mol. The van der Waals surface area contributed by atoms with Gasteiger partial charge in [0, 0.05) is 22.7 Å². The van der Waals surface area contributed by atoms with Gasteiger partial charge in [0.2, 0.25) is 0 Å². The molecule has 0 amide bonds. The second-order valence-corrected chi connectivity index (χ2v) is 9.38. The maximum Gasteiger partial charge on any atom is 0.306 e. The Morgan fingerprint density at radius 1 is 0.970 bits per heavy atom. The molecule has 2 heterocycles. The normalized spacial score (nSPS) is 15.9. The second kappa shape index (κ2) is 9.35. The first kappa shape index (κ1) is 21.6. The standard InChI is InChI=1S/C25H18Cl2N4OS/c26-18-8-6-17(7-9-18)22-14-21(16-4-2-1-3-5-16)30-31(22)24-23(33-25(32)29-24)15-28-20-12-10-19(27)11-13-20/h1-13,15,22H,14H2,(H,29,32)/t22-/m1/s1. The molecule has 0 spiro atoms. The van der Waals surface area contributed by atoms with Crippen LogP contribution in [0.25, 0.3) is 0 Å². The summed E-state index contributed by atoms with van der Waals surface area (Å²) in [5.41, 5.74) is 3.80. The largest absolute Gasteiger partial charge is 0.306 e. The van der Waals surface area contributed by atoms with Crippen LogP contribution < -0.4 is 9.88 Å². The van der Waals surface area contributed by atoms with Crippen LogP contribution in [0, 0.1) is 0 Å². The van der Waals surface area contributed by atoms with Gasteiger partial charge in [-0.25, -0.2) is 5.01 Å². The minimum atomic E-state index is -0.166. The van der Waals surface area contributed by atoms with Gasteiger partial charge in [-0.05, 0) is 47.5 Å². The van der Waals surface area contributed by atoms with Crippen molar-refractivity contribution in [2.24, 2.45) is 10.1 Å². The zero-order valence-electron chi connectivity index (χ0n) is 17.3. The minimum Gasteiger partial charge on any atom is -0.297 e. The molecule has 0 fully saturated rings. The van der Waals surface area contributed by atoms with Crippen molar-refractivity contribution < 1.29 is 0 Å². The number of aliphatic imine (C=N–C) groups is 1. The lowest BCUT2D eigenvalue weighted by molar-refractivity contribution is 0.700. The second-order valence-electron chi connectivity index (χ2n) is 7.49. The van der Waals surface area contributed by atoms with Crippen LogP contribution in [0.2, 0.25) is 10.0 Å². The molecule has 33 heavy (non-hydrogen) atoms. The van der Waals surface area contributed by atoms with Gasteiger partial charge in [-0.1, -0.05) is 77.0 Å². The Morgan fingerprint density at radius 3 is 2.33 bits per heavy atom. The zero-order valence-corrected chi connectivity index (χ0v) is 19.6. The highest BCUT2D eigenvalue weighted by Gasteiger charge is 2.32. The van der Waals surface area contributed by atoms with Crippen molar-refractivity contribution in [3.63, 3.8) is 0 Å². The number of aromatic amines is 1. The van der Waals surface area contributed by atoms with E-state index in [0.717, 1.165) is 33.9 Å². The SMILES string of the molecule is O=c1[nH]c(N2N=C(c3ccccc3)C[C@@H]2c2ccc(Cl)cc2)c(C=Nc2ccc(Cl)cc2)s1. The maximum atomic E-state index is 12.4. The van der Waals surface area contributed by atoms with E-state index in [2.05, 4.69) is 9.98 Å². The molecule has 5 rings (SSSR count). The molecule has 1 aliphatic rings. The first-order chi connectivity index (χ1) is 16.1. The van der Waals surface area contributed by atoms with Gasteiger partial charge in [0.1, 0.15) is 5.82 Å². The van der Waals surface area contributed by atoms with Gasteiger partial charge < -0.3 is 0 Å². The Balaban J connectivity index is 1.55. The smallest absolute Gasteiger partial charge is 0.297 e. The highest BCUT2D eigenvalue weighted by atomic mass is 35.5. The number of nitrogens with one attached hydrogen (secondary N) is 1. The predicted molar refractivity (Wildman–Crippen MR) is 138 cm³/mol. The number of hydrogen-bond acceptors (Lipinski definition) is 5. The third kappa shape index (κ3) is 4.78. The lowest BCUT2D eigenvalue weighted by Gasteiger charge is -2.23. The fourth-order valence-electron chi connectivity index (χ4n) is 3.72. The molecule has 0 radical (unpaired) electrons. The van der Waals surface area contributed by atoms with E-state index in [1.807, 2.05) is 71.7 Å². The minimum absolute atomic E-state index is 0.0922. The molecule has 1 aliphatic heterocycles. The zero-order chi connectivity index (χ0) is 22.8. The number of halogens is 2. The molecule has 1 atom stereocenters. The Labute approximate surface area is 204 Å². The van der Waals surface area contributed by atoms with Crippen molar-refractivity contribution >= 4 is 58.0 Å². The van der Waals surface area contributed by atoms with Crippen molar-refractivity contribution in [1.82, 2.24) is 4.98 Å². The first-order valence-electron chi connectivity index (χ1n) is 10.3. The van der Waals surface area contributed by atoms with E-state index in [1.165, 1.54) is 0 Å². The number of hydrazone groups is 1. The number of thiazole rings is 1. The van der Waals surface area contributed by atoms with Crippen molar-refractivity contribution in [2.45, 2.75) is 12.5 Å². The molecule has 164 valence electrons. The van der Waals surface area contributed by atoms with E-state index in [-0.39, 0.29) is 10.9 Å². The highest BCUT2D eigenvalue weighted by Crippen LogP contribution is 2.38. The topological polar surface area (TPSA) is 60.8 Å². The number of benzene rings is 3.